The Kier molecular flexibility index (Phi) is 3.69. The van der Waals surface area contributed by atoms with Crippen molar-refractivity contribution in [3.63, 3.8) is 0 Å². The molecule has 4 rings (SSSR count). The summed E-state index contributed by atoms with van der Waals surface area (Å²) in [5, 5.41) is 3.34. The van der Waals surface area contributed by atoms with Crippen LogP contribution < -0.4 is 0 Å². The summed E-state index contributed by atoms with van der Waals surface area (Å²) in [5.41, 5.74) is 1.84. The van der Waals surface area contributed by atoms with Gasteiger partial charge in [-0.15, -0.1) is 4.91 Å². The fourth-order valence-corrected chi connectivity index (χ4v) is 3.26. The molecule has 0 radical (unpaired) electrons. The van der Waals surface area contributed by atoms with Gasteiger partial charge < -0.3 is 0 Å². The van der Waals surface area contributed by atoms with E-state index in [1.54, 1.807) is 4.57 Å². The first kappa shape index (κ1) is 15.6. The molecule has 1 saturated carbocycles. The third-order valence-electron chi connectivity index (χ3n) is 4.42. The minimum Gasteiger partial charge on any atom is -0.285 e. The number of pyridine rings is 1. The minimum atomic E-state index is -0.848. The minimum absolute atomic E-state index is 0.160. The number of hydrogen-bond acceptors (Lipinski definition) is 7. The van der Waals surface area contributed by atoms with Crippen LogP contribution in [-0.4, -0.2) is 25.5 Å². The number of rotatable bonds is 4. The van der Waals surface area contributed by atoms with E-state index in [0.29, 0.717) is 28.5 Å². The first-order valence-corrected chi connectivity index (χ1v) is 8.00. The average molecular weight is 358 g/mol. The Morgan fingerprint density at radius 2 is 2.20 bits per heavy atom. The lowest BCUT2D eigenvalue weighted by atomic mass is 10.1. The molecule has 0 saturated heterocycles. The van der Waals surface area contributed by atoms with Gasteiger partial charge in [-0.2, -0.15) is 0 Å². The normalized spacial score (nSPS) is 19.0. The molecule has 1 fully saturated rings. The zero-order valence-electron chi connectivity index (χ0n) is 13.1. The summed E-state index contributed by atoms with van der Waals surface area (Å²) in [4.78, 5) is 38.7. The first-order chi connectivity index (χ1) is 12.1. The van der Waals surface area contributed by atoms with Crippen LogP contribution in [0.2, 0.25) is 5.15 Å². The van der Waals surface area contributed by atoms with Crippen LogP contribution in [0.4, 0.5) is 0 Å². The van der Waals surface area contributed by atoms with Crippen molar-refractivity contribution in [3.05, 3.63) is 52.0 Å². The summed E-state index contributed by atoms with van der Waals surface area (Å²) >= 11 is 6.30. The van der Waals surface area contributed by atoms with Gasteiger partial charge in [-0.1, -0.05) is 18.5 Å². The van der Waals surface area contributed by atoms with Gasteiger partial charge in [0.2, 0.25) is 0 Å². The van der Waals surface area contributed by atoms with Gasteiger partial charge in [0.05, 0.1) is 10.9 Å². The van der Waals surface area contributed by atoms with Crippen LogP contribution in [0.3, 0.4) is 0 Å². The van der Waals surface area contributed by atoms with Gasteiger partial charge in [0.1, 0.15) is 17.3 Å². The number of carbonyl (C=O) groups is 1. The van der Waals surface area contributed by atoms with E-state index < -0.39 is 5.97 Å². The molecule has 9 heteroatoms. The van der Waals surface area contributed by atoms with Crippen LogP contribution in [0.25, 0.3) is 16.9 Å². The number of halogens is 1. The van der Waals surface area contributed by atoms with Crippen LogP contribution in [0.5, 0.6) is 0 Å². The largest absolute Gasteiger partial charge is 0.369 e. The Morgan fingerprint density at radius 3 is 2.92 bits per heavy atom. The highest BCUT2D eigenvalue weighted by Crippen LogP contribution is 2.50. The lowest BCUT2D eigenvalue weighted by Crippen LogP contribution is -2.04. The maximum Gasteiger partial charge on any atom is 0.369 e. The maximum atomic E-state index is 11.7. The summed E-state index contributed by atoms with van der Waals surface area (Å²) < 4.78 is 1.76. The summed E-state index contributed by atoms with van der Waals surface area (Å²) in [5.74, 6) is 0.585. The van der Waals surface area contributed by atoms with Crippen molar-refractivity contribution in [1.29, 1.82) is 0 Å². The monoisotopic (exact) mass is 357 g/mol. The molecule has 0 N–H and O–H groups in total. The molecule has 3 aromatic rings. The van der Waals surface area contributed by atoms with Crippen LogP contribution in [-0.2, 0) is 4.84 Å². The molecule has 126 valence electrons. The summed E-state index contributed by atoms with van der Waals surface area (Å²) in [6.45, 7) is 2.17. The molecule has 0 bridgehead atoms. The molecule has 0 aliphatic heterocycles. The molecule has 8 nitrogen and oxygen atoms in total. The second-order valence-corrected chi connectivity index (χ2v) is 6.35. The number of nitrogens with zero attached hydrogens (tertiary/aromatic N) is 5. The number of hydrogen-bond donors (Lipinski definition) is 0. The summed E-state index contributed by atoms with van der Waals surface area (Å²) in [6, 6.07) is 2.94. The zero-order valence-corrected chi connectivity index (χ0v) is 13.8. The van der Waals surface area contributed by atoms with Crippen molar-refractivity contribution in [2.45, 2.75) is 19.3 Å². The molecule has 0 spiro atoms. The smallest absolute Gasteiger partial charge is 0.285 e. The molecular weight excluding hydrogens is 346 g/mol. The van der Waals surface area contributed by atoms with Crippen molar-refractivity contribution in [1.82, 2.24) is 19.5 Å². The average Bonchev–Trinajstić information content (AvgIpc) is 3.20. The van der Waals surface area contributed by atoms with Crippen molar-refractivity contribution in [2.75, 3.05) is 0 Å². The number of aromatic nitrogens is 4. The van der Waals surface area contributed by atoms with Crippen molar-refractivity contribution in [3.8, 4) is 5.82 Å². The number of fused-ring (bicyclic) bond motifs is 1. The predicted molar refractivity (Wildman–Crippen MR) is 89.4 cm³/mol. The van der Waals surface area contributed by atoms with Crippen molar-refractivity contribution >= 4 is 28.6 Å². The van der Waals surface area contributed by atoms with Gasteiger partial charge in [-0.3, -0.25) is 9.40 Å². The molecular formula is C16H12ClN5O3. The third-order valence-corrected chi connectivity index (χ3v) is 4.71. The van der Waals surface area contributed by atoms with Gasteiger partial charge >= 0.3 is 5.97 Å². The SMILES string of the molecule is CC1CC1c1cn(-c2cc(C(=O)ON=O)ccn2)c2ncnc(Cl)c12. The summed E-state index contributed by atoms with van der Waals surface area (Å²) in [7, 11) is 0. The van der Waals surface area contributed by atoms with E-state index in [4.69, 9.17) is 11.6 Å². The van der Waals surface area contributed by atoms with Crippen molar-refractivity contribution in [2.24, 2.45) is 11.3 Å². The van der Waals surface area contributed by atoms with Gasteiger partial charge in [0.15, 0.2) is 11.0 Å². The molecule has 0 aromatic carbocycles. The lowest BCUT2D eigenvalue weighted by molar-refractivity contribution is 0.0508. The predicted octanol–water partition coefficient (Wildman–Crippen LogP) is 3.43. The molecule has 3 aromatic heterocycles. The Bertz CT molecular complexity index is 1000. The Morgan fingerprint density at radius 1 is 1.40 bits per heavy atom. The topological polar surface area (TPSA) is 99.3 Å². The highest BCUT2D eigenvalue weighted by Gasteiger charge is 2.37. The second kappa shape index (κ2) is 5.89. The van der Waals surface area contributed by atoms with E-state index >= 15 is 0 Å². The zero-order chi connectivity index (χ0) is 17.6. The van der Waals surface area contributed by atoms with Gasteiger partial charge in [0, 0.05) is 12.4 Å². The molecule has 1 aliphatic carbocycles. The van der Waals surface area contributed by atoms with Crippen LogP contribution >= 0.6 is 11.6 Å². The first-order valence-electron chi connectivity index (χ1n) is 7.62. The standard InChI is InChI=1S/C16H12ClN5O3/c1-8-4-10(8)11-6-22(15-13(11)14(17)19-7-20-15)12-5-9(2-3-18-12)16(23)25-21-24/h2-3,5-8,10H,4H2,1H3. The fraction of sp³-hybridized carbons (Fsp3) is 0.250. The fourth-order valence-electron chi connectivity index (χ4n) is 3.03. The van der Waals surface area contributed by atoms with E-state index in [0.717, 1.165) is 17.4 Å². The number of carbonyl (C=O) groups excluding carboxylic acids is 1. The van der Waals surface area contributed by atoms with Gasteiger partial charge in [-0.25, -0.2) is 19.7 Å². The second-order valence-electron chi connectivity index (χ2n) is 5.99. The molecule has 1 aliphatic rings. The Hall–Kier alpha value is -2.87. The Labute approximate surface area is 146 Å². The molecule has 2 unspecified atom stereocenters. The quantitative estimate of drug-likeness (QED) is 0.403. The summed E-state index contributed by atoms with van der Waals surface area (Å²) in [6.07, 6.45) is 5.84. The van der Waals surface area contributed by atoms with E-state index in [1.807, 2.05) is 6.20 Å². The van der Waals surface area contributed by atoms with Crippen LogP contribution in [0.15, 0.2) is 36.2 Å². The van der Waals surface area contributed by atoms with Gasteiger partial charge in [0.25, 0.3) is 0 Å². The van der Waals surface area contributed by atoms with E-state index in [2.05, 4.69) is 32.1 Å². The van der Waals surface area contributed by atoms with Crippen LogP contribution in [0, 0.1) is 10.8 Å². The Balaban J connectivity index is 1.88. The molecule has 2 atom stereocenters. The third kappa shape index (κ3) is 2.64. The molecule has 3 heterocycles. The van der Waals surface area contributed by atoms with E-state index in [-0.39, 0.29) is 5.56 Å². The van der Waals surface area contributed by atoms with E-state index in [1.165, 1.54) is 24.7 Å². The highest BCUT2D eigenvalue weighted by atomic mass is 35.5. The van der Waals surface area contributed by atoms with Gasteiger partial charge in [-0.05, 0) is 36.0 Å². The highest BCUT2D eigenvalue weighted by molar-refractivity contribution is 6.34. The maximum absolute atomic E-state index is 11.7. The van der Waals surface area contributed by atoms with Crippen LogP contribution in [0.1, 0.15) is 35.2 Å². The molecule has 25 heavy (non-hydrogen) atoms. The molecule has 0 amide bonds. The van der Waals surface area contributed by atoms with E-state index in [9.17, 15) is 9.70 Å². The lowest BCUT2D eigenvalue weighted by Gasteiger charge is -2.04. The van der Waals surface area contributed by atoms with Crippen molar-refractivity contribution < 1.29 is 9.63 Å².